The van der Waals surface area contributed by atoms with Crippen LogP contribution in [0, 0.1) is 0 Å². The molecule has 2 aromatic rings. The number of aldehydes is 1. The predicted molar refractivity (Wildman–Crippen MR) is 66.3 cm³/mol. The lowest BCUT2D eigenvalue weighted by Gasteiger charge is -1.89. The van der Waals surface area contributed by atoms with Crippen molar-refractivity contribution in [2.45, 2.75) is 6.61 Å². The highest BCUT2D eigenvalue weighted by atomic mass is 16.3. The first kappa shape index (κ1) is 12.1. The first-order chi connectivity index (χ1) is 7.86. The molecule has 0 amide bonds. The number of carbonyl (C=O) groups is 1. The maximum atomic E-state index is 10.0. The SMILES string of the molecule is O=Cc1ccccc1.OCc1ccccc1.[HH]. The van der Waals surface area contributed by atoms with Crippen LogP contribution in [0.5, 0.6) is 0 Å². The van der Waals surface area contributed by atoms with Crippen molar-refractivity contribution in [1.82, 2.24) is 0 Å². The van der Waals surface area contributed by atoms with Crippen molar-refractivity contribution in [3.05, 3.63) is 71.8 Å². The van der Waals surface area contributed by atoms with E-state index in [9.17, 15) is 4.79 Å². The van der Waals surface area contributed by atoms with Gasteiger partial charge in [0.1, 0.15) is 6.29 Å². The van der Waals surface area contributed by atoms with Gasteiger partial charge in [0, 0.05) is 6.99 Å². The molecule has 0 aromatic heterocycles. The van der Waals surface area contributed by atoms with Crippen molar-refractivity contribution in [1.29, 1.82) is 0 Å². The Labute approximate surface area is 96.7 Å². The van der Waals surface area contributed by atoms with Gasteiger partial charge in [0.15, 0.2) is 0 Å². The summed E-state index contributed by atoms with van der Waals surface area (Å²) >= 11 is 0. The van der Waals surface area contributed by atoms with Crippen molar-refractivity contribution < 1.29 is 11.3 Å². The van der Waals surface area contributed by atoms with E-state index in [0.717, 1.165) is 17.4 Å². The predicted octanol–water partition coefficient (Wildman–Crippen LogP) is 2.92. The van der Waals surface area contributed by atoms with Gasteiger partial charge in [0.25, 0.3) is 0 Å². The van der Waals surface area contributed by atoms with Crippen LogP contribution in [0.4, 0.5) is 0 Å². The fourth-order valence-corrected chi connectivity index (χ4v) is 1.12. The van der Waals surface area contributed by atoms with Crippen molar-refractivity contribution in [2.75, 3.05) is 0 Å². The van der Waals surface area contributed by atoms with E-state index in [1.807, 2.05) is 48.5 Å². The molecule has 0 atom stereocenters. The summed E-state index contributed by atoms with van der Waals surface area (Å²) in [6.07, 6.45) is 0.833. The van der Waals surface area contributed by atoms with Gasteiger partial charge < -0.3 is 5.11 Å². The molecule has 0 saturated carbocycles. The van der Waals surface area contributed by atoms with Crippen LogP contribution < -0.4 is 0 Å². The number of hydrogen-bond acceptors (Lipinski definition) is 2. The van der Waals surface area contributed by atoms with Gasteiger partial charge in [0.2, 0.25) is 0 Å². The van der Waals surface area contributed by atoms with Gasteiger partial charge >= 0.3 is 0 Å². The molecule has 2 nitrogen and oxygen atoms in total. The Hall–Kier alpha value is -1.93. The molecule has 2 rings (SSSR count). The van der Waals surface area contributed by atoms with E-state index in [1.165, 1.54) is 0 Å². The smallest absolute Gasteiger partial charge is 0.150 e. The molecule has 0 aliphatic carbocycles. The van der Waals surface area contributed by atoms with E-state index in [4.69, 9.17) is 5.11 Å². The second kappa shape index (κ2) is 7.37. The van der Waals surface area contributed by atoms with Crippen LogP contribution in [0.3, 0.4) is 0 Å². The van der Waals surface area contributed by atoms with E-state index in [2.05, 4.69) is 0 Å². The molecule has 0 fully saturated rings. The Kier molecular flexibility index (Phi) is 5.59. The Morgan fingerprint density at radius 2 is 1.44 bits per heavy atom. The third-order valence-electron chi connectivity index (χ3n) is 1.96. The van der Waals surface area contributed by atoms with E-state index in [0.29, 0.717) is 0 Å². The van der Waals surface area contributed by atoms with Gasteiger partial charge in [-0.2, -0.15) is 0 Å². The summed E-state index contributed by atoms with van der Waals surface area (Å²) < 4.78 is 0. The van der Waals surface area contributed by atoms with Gasteiger partial charge in [-0.1, -0.05) is 60.7 Å². The lowest BCUT2D eigenvalue weighted by atomic mass is 10.2. The molecule has 0 saturated heterocycles. The molecule has 0 heterocycles. The average molecular weight is 216 g/mol. The summed E-state index contributed by atoms with van der Waals surface area (Å²) in [5.41, 5.74) is 1.69. The average Bonchev–Trinajstić information content (AvgIpc) is 2.41. The van der Waals surface area contributed by atoms with Gasteiger partial charge in [-0.15, -0.1) is 0 Å². The summed E-state index contributed by atoms with van der Waals surface area (Å²) in [6, 6.07) is 18.6. The third kappa shape index (κ3) is 4.53. The van der Waals surface area contributed by atoms with Gasteiger partial charge in [-0.05, 0) is 5.56 Å². The summed E-state index contributed by atoms with van der Waals surface area (Å²) in [5, 5.41) is 8.54. The zero-order valence-corrected chi connectivity index (χ0v) is 8.91. The largest absolute Gasteiger partial charge is 0.392 e. The molecule has 0 spiro atoms. The molecule has 0 aliphatic heterocycles. The standard InChI is InChI=1S/C7H8O.C7H6O.H2/c2*8-6-7-4-2-1-3-5-7;/h1-5,8H,6H2;1-6H;1H. The van der Waals surface area contributed by atoms with Crippen molar-refractivity contribution >= 4 is 6.29 Å². The van der Waals surface area contributed by atoms with E-state index in [-0.39, 0.29) is 8.03 Å². The fourth-order valence-electron chi connectivity index (χ4n) is 1.12. The molecule has 2 heteroatoms. The maximum Gasteiger partial charge on any atom is 0.150 e. The zero-order chi connectivity index (χ0) is 11.6. The summed E-state index contributed by atoms with van der Waals surface area (Å²) in [5.74, 6) is 0. The summed E-state index contributed by atoms with van der Waals surface area (Å²) in [6.45, 7) is 0.140. The molecule has 2 aromatic carbocycles. The first-order valence-electron chi connectivity index (χ1n) is 5.02. The molecule has 0 unspecified atom stereocenters. The highest BCUT2D eigenvalue weighted by molar-refractivity contribution is 5.74. The molecular formula is C14H16O2. The Morgan fingerprint density at radius 1 is 0.938 bits per heavy atom. The number of rotatable bonds is 2. The minimum absolute atomic E-state index is 0. The van der Waals surface area contributed by atoms with Gasteiger partial charge in [0.05, 0.1) is 6.61 Å². The number of carbonyl (C=O) groups excluding carboxylic acids is 1. The van der Waals surface area contributed by atoms with E-state index in [1.54, 1.807) is 12.1 Å². The fraction of sp³-hybridized carbons (Fsp3) is 0.0714. The molecule has 16 heavy (non-hydrogen) atoms. The highest BCUT2D eigenvalue weighted by Gasteiger charge is 1.81. The van der Waals surface area contributed by atoms with E-state index >= 15 is 0 Å². The summed E-state index contributed by atoms with van der Waals surface area (Å²) in [7, 11) is 0. The van der Waals surface area contributed by atoms with Gasteiger partial charge in [-0.25, -0.2) is 0 Å². The van der Waals surface area contributed by atoms with Crippen LogP contribution in [-0.2, 0) is 6.61 Å². The quantitative estimate of drug-likeness (QED) is 0.784. The lowest BCUT2D eigenvalue weighted by molar-refractivity contribution is 0.112. The second-order valence-corrected chi connectivity index (χ2v) is 3.17. The first-order valence-corrected chi connectivity index (χ1v) is 5.02. The highest BCUT2D eigenvalue weighted by Crippen LogP contribution is 1.95. The number of aliphatic hydroxyl groups is 1. The Morgan fingerprint density at radius 3 is 1.75 bits per heavy atom. The van der Waals surface area contributed by atoms with Crippen LogP contribution in [-0.4, -0.2) is 11.4 Å². The molecule has 1 N–H and O–H groups in total. The second-order valence-electron chi connectivity index (χ2n) is 3.17. The normalized spacial score (nSPS) is 8.81. The zero-order valence-electron chi connectivity index (χ0n) is 8.91. The Balaban J connectivity index is 0.000000284. The minimum atomic E-state index is 0. The van der Waals surface area contributed by atoms with Crippen LogP contribution >= 0.6 is 0 Å². The number of aliphatic hydroxyl groups excluding tert-OH is 1. The molecule has 0 radical (unpaired) electrons. The maximum absolute atomic E-state index is 10.0. The van der Waals surface area contributed by atoms with Crippen LogP contribution in [0.25, 0.3) is 0 Å². The van der Waals surface area contributed by atoms with Crippen molar-refractivity contribution in [3.8, 4) is 0 Å². The minimum Gasteiger partial charge on any atom is -0.392 e. The van der Waals surface area contributed by atoms with Crippen LogP contribution in [0.15, 0.2) is 60.7 Å². The van der Waals surface area contributed by atoms with E-state index < -0.39 is 0 Å². The monoisotopic (exact) mass is 216 g/mol. The van der Waals surface area contributed by atoms with Crippen LogP contribution in [0.1, 0.15) is 17.3 Å². The molecule has 0 aliphatic rings. The summed E-state index contributed by atoms with van der Waals surface area (Å²) in [4.78, 5) is 10.0. The lowest BCUT2D eigenvalue weighted by Crippen LogP contribution is -1.77. The molecule has 84 valence electrons. The van der Waals surface area contributed by atoms with Gasteiger partial charge in [-0.3, -0.25) is 4.79 Å². The van der Waals surface area contributed by atoms with Crippen molar-refractivity contribution in [2.24, 2.45) is 0 Å². The van der Waals surface area contributed by atoms with Crippen LogP contribution in [0.2, 0.25) is 0 Å². The third-order valence-corrected chi connectivity index (χ3v) is 1.96. The number of benzene rings is 2. The molecule has 0 bridgehead atoms. The molecular weight excluding hydrogens is 200 g/mol. The number of hydrogen-bond donors (Lipinski definition) is 1. The topological polar surface area (TPSA) is 37.3 Å². The van der Waals surface area contributed by atoms with Crippen molar-refractivity contribution in [3.63, 3.8) is 0 Å². The Bertz CT molecular complexity index is 401.